The van der Waals surface area contributed by atoms with Crippen LogP contribution in [0.3, 0.4) is 0 Å². The lowest BCUT2D eigenvalue weighted by molar-refractivity contribution is -0.140. The van der Waals surface area contributed by atoms with Gasteiger partial charge in [-0.05, 0) is 18.2 Å². The molecule has 8 heteroatoms. The summed E-state index contributed by atoms with van der Waals surface area (Å²) in [5, 5.41) is 11.1. The summed E-state index contributed by atoms with van der Waals surface area (Å²) < 4.78 is 4.95. The number of methoxy groups -OCH3 is 1. The van der Waals surface area contributed by atoms with Gasteiger partial charge in [0.1, 0.15) is 11.8 Å². The minimum absolute atomic E-state index is 0.0556. The lowest BCUT2D eigenvalue weighted by Crippen LogP contribution is -2.43. The van der Waals surface area contributed by atoms with Crippen LogP contribution < -0.4 is 21.5 Å². The molecule has 0 fully saturated rings. The molecule has 1 aromatic carbocycles. The quantitative estimate of drug-likeness (QED) is 0.509. The Morgan fingerprint density at radius 3 is 2.55 bits per heavy atom. The summed E-state index contributed by atoms with van der Waals surface area (Å²) in [7, 11) is 1.42. The zero-order valence-corrected chi connectivity index (χ0v) is 10.8. The molecular weight excluding hydrogens is 266 g/mol. The van der Waals surface area contributed by atoms with E-state index in [1.807, 2.05) is 0 Å². The van der Waals surface area contributed by atoms with Crippen LogP contribution in [-0.2, 0) is 9.59 Å². The number of hydrogen-bond donors (Lipinski definition) is 4. The number of primary amides is 1. The number of carbonyl (C=O) groups excluding carboxylic acids is 2. The smallest absolute Gasteiger partial charge is 0.326 e. The van der Waals surface area contributed by atoms with Crippen LogP contribution in [0.1, 0.15) is 16.8 Å². The molecule has 1 rings (SSSR count). The van der Waals surface area contributed by atoms with Crippen LogP contribution in [0.5, 0.6) is 5.75 Å². The SMILES string of the molecule is COc1ccc(N)c(C(=O)N[C@H](CC(N)=O)C(=O)O)c1. The van der Waals surface area contributed by atoms with Gasteiger partial charge in [0.25, 0.3) is 5.91 Å². The first-order chi connectivity index (χ1) is 9.35. The van der Waals surface area contributed by atoms with Crippen LogP contribution in [0, 0.1) is 0 Å². The number of amides is 2. The fourth-order valence-corrected chi connectivity index (χ4v) is 1.50. The van der Waals surface area contributed by atoms with E-state index in [2.05, 4.69) is 5.32 Å². The number of aliphatic carboxylic acids is 1. The zero-order valence-electron chi connectivity index (χ0n) is 10.8. The third-order valence-electron chi connectivity index (χ3n) is 2.51. The molecule has 0 saturated carbocycles. The van der Waals surface area contributed by atoms with E-state index < -0.39 is 30.2 Å². The third-order valence-corrected chi connectivity index (χ3v) is 2.51. The van der Waals surface area contributed by atoms with Crippen LogP contribution >= 0.6 is 0 Å². The second-order valence-corrected chi connectivity index (χ2v) is 3.99. The molecule has 108 valence electrons. The van der Waals surface area contributed by atoms with Gasteiger partial charge >= 0.3 is 5.97 Å². The van der Waals surface area contributed by atoms with E-state index >= 15 is 0 Å². The van der Waals surface area contributed by atoms with Gasteiger partial charge in [0, 0.05) is 5.69 Å². The highest BCUT2D eigenvalue weighted by Gasteiger charge is 2.23. The van der Waals surface area contributed by atoms with Crippen LogP contribution in [0.25, 0.3) is 0 Å². The highest BCUT2D eigenvalue weighted by Crippen LogP contribution is 2.19. The normalized spacial score (nSPS) is 11.4. The van der Waals surface area contributed by atoms with Crippen molar-refractivity contribution in [1.82, 2.24) is 5.32 Å². The molecule has 0 unspecified atom stereocenters. The Labute approximate surface area is 114 Å². The van der Waals surface area contributed by atoms with Crippen LogP contribution in [-0.4, -0.2) is 36.0 Å². The molecule has 0 aliphatic carbocycles. The van der Waals surface area contributed by atoms with Gasteiger partial charge in [0.05, 0.1) is 19.1 Å². The first-order valence-corrected chi connectivity index (χ1v) is 5.60. The maximum absolute atomic E-state index is 12.0. The van der Waals surface area contributed by atoms with Gasteiger partial charge < -0.3 is 26.6 Å². The molecule has 0 radical (unpaired) electrons. The molecule has 20 heavy (non-hydrogen) atoms. The molecule has 0 heterocycles. The van der Waals surface area contributed by atoms with E-state index in [-0.39, 0.29) is 11.3 Å². The molecule has 1 aromatic rings. The third kappa shape index (κ3) is 3.87. The van der Waals surface area contributed by atoms with Gasteiger partial charge in [0.15, 0.2) is 0 Å². The Balaban J connectivity index is 2.94. The highest BCUT2D eigenvalue weighted by molar-refractivity contribution is 6.01. The standard InChI is InChI=1S/C12H15N3O5/c1-20-6-2-3-8(13)7(4-6)11(17)15-9(12(18)19)5-10(14)16/h2-4,9H,5,13H2,1H3,(H2,14,16)(H,15,17)(H,18,19)/t9-/m1/s1. The van der Waals surface area contributed by atoms with Crippen molar-refractivity contribution in [2.75, 3.05) is 12.8 Å². The van der Waals surface area contributed by atoms with Crippen molar-refractivity contribution in [3.8, 4) is 5.75 Å². The lowest BCUT2D eigenvalue weighted by Gasteiger charge is -2.14. The number of carboxylic acids is 1. The van der Waals surface area contributed by atoms with Gasteiger partial charge in [0.2, 0.25) is 5.91 Å². The number of benzene rings is 1. The second-order valence-electron chi connectivity index (χ2n) is 3.99. The van der Waals surface area contributed by atoms with Gasteiger partial charge in [-0.1, -0.05) is 0 Å². The molecule has 2 amide bonds. The predicted molar refractivity (Wildman–Crippen MR) is 70.1 cm³/mol. The number of ether oxygens (including phenoxy) is 1. The maximum atomic E-state index is 12.0. The van der Waals surface area contributed by atoms with E-state index in [0.717, 1.165) is 0 Å². The van der Waals surface area contributed by atoms with Gasteiger partial charge in [-0.2, -0.15) is 0 Å². The molecule has 1 atom stereocenters. The molecular formula is C12H15N3O5. The summed E-state index contributed by atoms with van der Waals surface area (Å²) in [5.74, 6) is -2.53. The molecule has 8 nitrogen and oxygen atoms in total. The molecule has 6 N–H and O–H groups in total. The van der Waals surface area contributed by atoms with Gasteiger partial charge in [-0.3, -0.25) is 9.59 Å². The summed E-state index contributed by atoms with van der Waals surface area (Å²) in [6.45, 7) is 0. The van der Waals surface area contributed by atoms with Crippen molar-refractivity contribution in [1.29, 1.82) is 0 Å². The number of nitrogens with two attached hydrogens (primary N) is 2. The maximum Gasteiger partial charge on any atom is 0.326 e. The highest BCUT2D eigenvalue weighted by atomic mass is 16.5. The van der Waals surface area contributed by atoms with Crippen molar-refractivity contribution < 1.29 is 24.2 Å². The second kappa shape index (κ2) is 6.41. The predicted octanol–water partition coefficient (Wildman–Crippen LogP) is -0.664. The Morgan fingerprint density at radius 2 is 2.05 bits per heavy atom. The number of carboxylic acid groups (broad SMARTS) is 1. The van der Waals surface area contributed by atoms with Crippen molar-refractivity contribution in [2.24, 2.45) is 5.73 Å². The number of rotatable bonds is 6. The van der Waals surface area contributed by atoms with Crippen molar-refractivity contribution in [3.05, 3.63) is 23.8 Å². The number of hydrogen-bond acceptors (Lipinski definition) is 5. The topological polar surface area (TPSA) is 145 Å². The minimum Gasteiger partial charge on any atom is -0.497 e. The zero-order chi connectivity index (χ0) is 15.3. The fourth-order valence-electron chi connectivity index (χ4n) is 1.50. The van der Waals surface area contributed by atoms with Crippen LogP contribution in [0.4, 0.5) is 5.69 Å². The van der Waals surface area contributed by atoms with E-state index in [1.54, 1.807) is 6.07 Å². The molecule has 0 bridgehead atoms. The van der Waals surface area contributed by atoms with Crippen LogP contribution in [0.15, 0.2) is 18.2 Å². The van der Waals surface area contributed by atoms with E-state index in [1.165, 1.54) is 19.2 Å². The van der Waals surface area contributed by atoms with Crippen molar-refractivity contribution >= 4 is 23.5 Å². The molecule has 0 aliphatic rings. The van der Waals surface area contributed by atoms with Crippen molar-refractivity contribution in [3.63, 3.8) is 0 Å². The van der Waals surface area contributed by atoms with Gasteiger partial charge in [-0.15, -0.1) is 0 Å². The summed E-state index contributed by atoms with van der Waals surface area (Å²) in [4.78, 5) is 33.7. The van der Waals surface area contributed by atoms with Gasteiger partial charge in [-0.25, -0.2) is 4.79 Å². The first kappa shape index (κ1) is 15.3. The Bertz CT molecular complexity index is 544. The average Bonchev–Trinajstić information content (AvgIpc) is 2.37. The summed E-state index contributed by atoms with van der Waals surface area (Å²) >= 11 is 0. The summed E-state index contributed by atoms with van der Waals surface area (Å²) in [5.41, 5.74) is 10.8. The number of anilines is 1. The van der Waals surface area contributed by atoms with E-state index in [9.17, 15) is 14.4 Å². The minimum atomic E-state index is -1.41. The number of carbonyl (C=O) groups is 3. The van der Waals surface area contributed by atoms with Crippen LogP contribution in [0.2, 0.25) is 0 Å². The summed E-state index contributed by atoms with van der Waals surface area (Å²) in [6.07, 6.45) is -0.509. The Kier molecular flexibility index (Phi) is 4.90. The largest absolute Gasteiger partial charge is 0.497 e. The molecule has 0 spiro atoms. The molecule has 0 aromatic heterocycles. The monoisotopic (exact) mass is 281 g/mol. The van der Waals surface area contributed by atoms with Crippen molar-refractivity contribution in [2.45, 2.75) is 12.5 Å². The lowest BCUT2D eigenvalue weighted by atomic mass is 10.1. The Hall–Kier alpha value is -2.77. The van der Waals surface area contributed by atoms with E-state index in [4.69, 9.17) is 21.3 Å². The van der Waals surface area contributed by atoms with E-state index in [0.29, 0.717) is 5.75 Å². The Morgan fingerprint density at radius 1 is 1.40 bits per heavy atom. The number of nitrogen functional groups attached to an aromatic ring is 1. The number of nitrogens with one attached hydrogen (secondary N) is 1. The molecule has 0 saturated heterocycles. The average molecular weight is 281 g/mol. The summed E-state index contributed by atoms with van der Waals surface area (Å²) in [6, 6.07) is 2.97. The fraction of sp³-hybridized carbons (Fsp3) is 0.250. The molecule has 0 aliphatic heterocycles. The first-order valence-electron chi connectivity index (χ1n) is 5.60.